The van der Waals surface area contributed by atoms with Crippen LogP contribution < -0.4 is 0 Å². The molecule has 0 radical (unpaired) electrons. The van der Waals surface area contributed by atoms with Crippen molar-refractivity contribution in [3.8, 4) is 0 Å². The largest absolute Gasteiger partial charge is 0.467 e. The monoisotopic (exact) mass is 459 g/mol. The van der Waals surface area contributed by atoms with E-state index in [1.807, 2.05) is 78.5 Å². The van der Waals surface area contributed by atoms with Crippen LogP contribution in [0.4, 0.5) is 0 Å². The topological polar surface area (TPSA) is 46.6 Å². The fraction of sp³-hybridized carbons (Fsp3) is 0.286. The summed E-state index contributed by atoms with van der Waals surface area (Å²) in [6.07, 6.45) is 1.59. The molecular formula is C28H29NO3S. The molecule has 33 heavy (non-hydrogen) atoms. The van der Waals surface area contributed by atoms with E-state index in [2.05, 4.69) is 24.3 Å². The highest BCUT2D eigenvalue weighted by Crippen LogP contribution is 2.34. The second kappa shape index (κ2) is 11.2. The van der Waals surface area contributed by atoms with Crippen LogP contribution in [0.25, 0.3) is 0 Å². The smallest absolute Gasteiger partial charge is 0.328 e. The van der Waals surface area contributed by atoms with Gasteiger partial charge >= 0.3 is 5.97 Å². The molecule has 1 heterocycles. The number of nitrogens with zero attached hydrogens (tertiary/aromatic N) is 1. The van der Waals surface area contributed by atoms with Crippen molar-refractivity contribution in [1.29, 1.82) is 0 Å². The van der Waals surface area contributed by atoms with Gasteiger partial charge in [-0.15, -0.1) is 0 Å². The van der Waals surface area contributed by atoms with Crippen molar-refractivity contribution in [2.75, 3.05) is 19.4 Å². The average molecular weight is 460 g/mol. The lowest BCUT2D eigenvalue weighted by molar-refractivity contribution is -0.151. The molecule has 170 valence electrons. The van der Waals surface area contributed by atoms with E-state index in [4.69, 9.17) is 4.74 Å². The third kappa shape index (κ3) is 5.66. The lowest BCUT2D eigenvalue weighted by Crippen LogP contribution is -2.43. The summed E-state index contributed by atoms with van der Waals surface area (Å²) in [5, 5.41) is 0.203. The number of rotatable bonds is 8. The van der Waals surface area contributed by atoms with Gasteiger partial charge < -0.3 is 9.64 Å². The summed E-state index contributed by atoms with van der Waals surface area (Å²) in [5.74, 6) is 0.113. The van der Waals surface area contributed by atoms with E-state index >= 15 is 0 Å². The Bertz CT molecular complexity index is 1000. The first kappa shape index (κ1) is 23.1. The van der Waals surface area contributed by atoms with Gasteiger partial charge in [-0.1, -0.05) is 91.0 Å². The third-order valence-corrected chi connectivity index (χ3v) is 7.37. The molecule has 1 fully saturated rings. The fourth-order valence-electron chi connectivity index (χ4n) is 4.44. The van der Waals surface area contributed by atoms with Gasteiger partial charge in [0.05, 0.1) is 13.0 Å². The standard InChI is InChI=1S/C28H29NO3S/c1-32-28(31)25-19-24(33-18-17-21-11-5-2-6-12-21)20-29(25)27(30)26(22-13-7-3-8-14-22)23-15-9-4-10-16-23/h2-16,24-26H,17-20H2,1H3. The Morgan fingerprint density at radius 2 is 1.45 bits per heavy atom. The number of hydrogen-bond donors (Lipinski definition) is 0. The third-order valence-electron chi connectivity index (χ3n) is 6.12. The van der Waals surface area contributed by atoms with Crippen LogP contribution >= 0.6 is 11.8 Å². The zero-order valence-electron chi connectivity index (χ0n) is 18.8. The number of methoxy groups -OCH3 is 1. The Morgan fingerprint density at radius 1 is 0.909 bits per heavy atom. The number of aryl methyl sites for hydroxylation is 1. The van der Waals surface area contributed by atoms with Crippen molar-refractivity contribution in [1.82, 2.24) is 4.90 Å². The molecule has 2 atom stereocenters. The lowest BCUT2D eigenvalue weighted by Gasteiger charge is -2.28. The van der Waals surface area contributed by atoms with Crippen LogP contribution in [0, 0.1) is 0 Å². The number of hydrogen-bond acceptors (Lipinski definition) is 4. The molecule has 3 aromatic carbocycles. The van der Waals surface area contributed by atoms with E-state index in [9.17, 15) is 9.59 Å². The Morgan fingerprint density at radius 3 is 2.00 bits per heavy atom. The van der Waals surface area contributed by atoms with Crippen molar-refractivity contribution < 1.29 is 14.3 Å². The average Bonchev–Trinajstić information content (AvgIpc) is 3.30. The number of benzene rings is 3. The summed E-state index contributed by atoms with van der Waals surface area (Å²) in [4.78, 5) is 28.3. The van der Waals surface area contributed by atoms with Crippen LogP contribution in [0.5, 0.6) is 0 Å². The van der Waals surface area contributed by atoms with Crippen LogP contribution in [0.1, 0.15) is 29.0 Å². The fourth-order valence-corrected chi connectivity index (χ4v) is 5.72. The molecular weight excluding hydrogens is 430 g/mol. The van der Waals surface area contributed by atoms with Gasteiger partial charge in [0.25, 0.3) is 0 Å². The normalized spacial score (nSPS) is 17.8. The maximum Gasteiger partial charge on any atom is 0.328 e. The molecule has 0 aliphatic carbocycles. The summed E-state index contributed by atoms with van der Waals surface area (Å²) in [6, 6.07) is 29.4. The zero-order valence-corrected chi connectivity index (χ0v) is 19.6. The van der Waals surface area contributed by atoms with E-state index in [-0.39, 0.29) is 17.1 Å². The summed E-state index contributed by atoms with van der Waals surface area (Å²) < 4.78 is 5.09. The minimum atomic E-state index is -0.549. The molecule has 5 heteroatoms. The first-order chi connectivity index (χ1) is 16.2. The molecule has 0 saturated carbocycles. The summed E-state index contributed by atoms with van der Waals surface area (Å²) in [7, 11) is 1.40. The Kier molecular flexibility index (Phi) is 7.84. The molecule has 1 saturated heterocycles. The molecule has 1 aliphatic heterocycles. The van der Waals surface area contributed by atoms with E-state index < -0.39 is 12.0 Å². The van der Waals surface area contributed by atoms with E-state index in [1.165, 1.54) is 12.7 Å². The second-order valence-electron chi connectivity index (χ2n) is 8.25. The number of carbonyl (C=O) groups is 2. The summed E-state index contributed by atoms with van der Waals surface area (Å²) in [6.45, 7) is 0.550. The van der Waals surface area contributed by atoms with Crippen molar-refractivity contribution in [3.05, 3.63) is 108 Å². The van der Waals surface area contributed by atoms with E-state index in [0.717, 1.165) is 23.3 Å². The number of amides is 1. The molecule has 2 unspecified atom stereocenters. The van der Waals surface area contributed by atoms with Crippen molar-refractivity contribution in [2.24, 2.45) is 0 Å². The van der Waals surface area contributed by atoms with Crippen LogP contribution in [0.15, 0.2) is 91.0 Å². The molecule has 0 spiro atoms. The Labute approximate surface area is 200 Å². The molecule has 1 aliphatic rings. The molecule has 4 rings (SSSR count). The predicted octanol–water partition coefficient (Wildman–Crippen LogP) is 4.94. The van der Waals surface area contributed by atoms with Gasteiger partial charge in [0.1, 0.15) is 6.04 Å². The number of carbonyl (C=O) groups excluding carboxylic acids is 2. The van der Waals surface area contributed by atoms with Gasteiger partial charge in [-0.25, -0.2) is 4.79 Å². The molecule has 3 aromatic rings. The Hall–Kier alpha value is -3.05. The maximum absolute atomic E-state index is 13.9. The molecule has 1 amide bonds. The van der Waals surface area contributed by atoms with Crippen molar-refractivity contribution in [3.63, 3.8) is 0 Å². The van der Waals surface area contributed by atoms with Crippen LogP contribution in [0.3, 0.4) is 0 Å². The first-order valence-electron chi connectivity index (χ1n) is 11.3. The highest BCUT2D eigenvalue weighted by molar-refractivity contribution is 7.99. The quantitative estimate of drug-likeness (QED) is 0.448. The summed E-state index contributed by atoms with van der Waals surface area (Å²) >= 11 is 1.83. The predicted molar refractivity (Wildman–Crippen MR) is 133 cm³/mol. The highest BCUT2D eigenvalue weighted by Gasteiger charge is 2.43. The highest BCUT2D eigenvalue weighted by atomic mass is 32.2. The lowest BCUT2D eigenvalue weighted by atomic mass is 9.90. The van der Waals surface area contributed by atoms with Crippen LogP contribution in [-0.2, 0) is 20.7 Å². The van der Waals surface area contributed by atoms with Gasteiger partial charge in [-0.3, -0.25) is 4.79 Å². The van der Waals surface area contributed by atoms with E-state index in [1.54, 1.807) is 4.90 Å². The van der Waals surface area contributed by atoms with E-state index in [0.29, 0.717) is 13.0 Å². The number of thioether (sulfide) groups is 1. The molecule has 0 N–H and O–H groups in total. The first-order valence-corrected chi connectivity index (χ1v) is 12.4. The van der Waals surface area contributed by atoms with Gasteiger partial charge in [-0.2, -0.15) is 11.8 Å². The molecule has 4 nitrogen and oxygen atoms in total. The number of likely N-dealkylation sites (tertiary alicyclic amines) is 1. The minimum Gasteiger partial charge on any atom is -0.467 e. The maximum atomic E-state index is 13.9. The minimum absolute atomic E-state index is 0.0473. The van der Waals surface area contributed by atoms with Gasteiger partial charge in [0.2, 0.25) is 5.91 Å². The van der Waals surface area contributed by atoms with Gasteiger partial charge in [0, 0.05) is 11.8 Å². The second-order valence-corrected chi connectivity index (χ2v) is 9.66. The van der Waals surface area contributed by atoms with Crippen molar-refractivity contribution in [2.45, 2.75) is 30.1 Å². The Balaban J connectivity index is 1.53. The van der Waals surface area contributed by atoms with Crippen molar-refractivity contribution >= 4 is 23.6 Å². The molecule has 0 bridgehead atoms. The van der Waals surface area contributed by atoms with Gasteiger partial charge in [-0.05, 0) is 35.3 Å². The number of esters is 1. The SMILES string of the molecule is COC(=O)C1CC(SCCc2ccccc2)CN1C(=O)C(c1ccccc1)c1ccccc1. The van der Waals surface area contributed by atoms with Crippen LogP contribution in [-0.4, -0.2) is 47.5 Å². The van der Waals surface area contributed by atoms with Gasteiger partial charge in [0.15, 0.2) is 0 Å². The molecule has 0 aromatic heterocycles. The number of ether oxygens (including phenoxy) is 1. The van der Waals surface area contributed by atoms with Crippen LogP contribution in [0.2, 0.25) is 0 Å². The zero-order chi connectivity index (χ0) is 23.0. The summed E-state index contributed by atoms with van der Waals surface area (Å²) in [5.41, 5.74) is 3.16.